The average Bonchev–Trinajstić information content (AvgIpc) is 3.16. The van der Waals surface area contributed by atoms with Gasteiger partial charge in [-0.05, 0) is 6.07 Å². The zero-order chi connectivity index (χ0) is 14.7. The molecule has 1 saturated heterocycles. The smallest absolute Gasteiger partial charge is 0.270 e. The lowest BCUT2D eigenvalue weighted by molar-refractivity contribution is -0.0605. The lowest BCUT2D eigenvalue weighted by Crippen LogP contribution is -2.46. The Kier molecular flexibility index (Phi) is 4.05. The number of ether oxygens (including phenoxy) is 1. The van der Waals surface area contributed by atoms with Crippen LogP contribution in [0, 0.1) is 0 Å². The Bertz CT molecular complexity index is 602. The SMILES string of the molecule is O=C(NCC1(O)CCOCC1)c1csc(-c2ccoc2)n1. The molecule has 0 aromatic carbocycles. The quantitative estimate of drug-likeness (QED) is 0.897. The summed E-state index contributed by atoms with van der Waals surface area (Å²) < 4.78 is 10.2. The van der Waals surface area contributed by atoms with Crippen molar-refractivity contribution in [1.82, 2.24) is 10.3 Å². The third-order valence-electron chi connectivity index (χ3n) is 3.51. The fourth-order valence-electron chi connectivity index (χ4n) is 2.16. The molecule has 2 aromatic heterocycles. The van der Waals surface area contributed by atoms with Crippen LogP contribution in [0.15, 0.2) is 28.4 Å². The van der Waals surface area contributed by atoms with Crippen molar-refractivity contribution in [3.63, 3.8) is 0 Å². The molecule has 21 heavy (non-hydrogen) atoms. The van der Waals surface area contributed by atoms with Crippen LogP contribution < -0.4 is 5.32 Å². The van der Waals surface area contributed by atoms with E-state index in [0.29, 0.717) is 31.7 Å². The van der Waals surface area contributed by atoms with E-state index in [0.717, 1.165) is 10.6 Å². The van der Waals surface area contributed by atoms with E-state index < -0.39 is 5.60 Å². The third kappa shape index (κ3) is 3.31. The molecule has 1 amide bonds. The van der Waals surface area contributed by atoms with E-state index in [1.54, 1.807) is 24.0 Å². The van der Waals surface area contributed by atoms with Crippen LogP contribution in [0.1, 0.15) is 23.3 Å². The number of nitrogens with zero attached hydrogens (tertiary/aromatic N) is 1. The number of amides is 1. The van der Waals surface area contributed by atoms with E-state index >= 15 is 0 Å². The highest BCUT2D eigenvalue weighted by molar-refractivity contribution is 7.13. The summed E-state index contributed by atoms with van der Waals surface area (Å²) in [5.74, 6) is -0.277. The maximum Gasteiger partial charge on any atom is 0.270 e. The molecule has 2 N–H and O–H groups in total. The van der Waals surface area contributed by atoms with Crippen molar-refractivity contribution >= 4 is 17.2 Å². The molecule has 0 atom stereocenters. The molecule has 0 spiro atoms. The second-order valence-electron chi connectivity index (χ2n) is 5.07. The van der Waals surface area contributed by atoms with Crippen molar-refractivity contribution in [3.05, 3.63) is 29.7 Å². The summed E-state index contributed by atoms with van der Waals surface area (Å²) >= 11 is 1.38. The molecule has 1 aliphatic heterocycles. The van der Waals surface area contributed by atoms with Gasteiger partial charge in [-0.25, -0.2) is 4.98 Å². The van der Waals surface area contributed by atoms with Crippen molar-refractivity contribution in [2.75, 3.05) is 19.8 Å². The monoisotopic (exact) mass is 308 g/mol. The van der Waals surface area contributed by atoms with Crippen LogP contribution >= 0.6 is 11.3 Å². The van der Waals surface area contributed by atoms with Gasteiger partial charge < -0.3 is 19.6 Å². The molecular weight excluding hydrogens is 292 g/mol. The molecule has 0 radical (unpaired) electrons. The number of aromatic nitrogens is 1. The summed E-state index contributed by atoms with van der Waals surface area (Å²) in [6.07, 6.45) is 4.22. The van der Waals surface area contributed by atoms with Crippen molar-refractivity contribution in [2.24, 2.45) is 0 Å². The van der Waals surface area contributed by atoms with E-state index in [2.05, 4.69) is 10.3 Å². The maximum absolute atomic E-state index is 12.1. The lowest BCUT2D eigenvalue weighted by Gasteiger charge is -2.31. The molecule has 0 bridgehead atoms. The van der Waals surface area contributed by atoms with Gasteiger partial charge in [0.15, 0.2) is 0 Å². The van der Waals surface area contributed by atoms with Crippen molar-refractivity contribution in [1.29, 1.82) is 0 Å². The molecule has 0 unspecified atom stereocenters. The highest BCUT2D eigenvalue weighted by atomic mass is 32.1. The molecule has 3 heterocycles. The summed E-state index contributed by atoms with van der Waals surface area (Å²) in [6, 6.07) is 1.80. The van der Waals surface area contributed by atoms with Crippen LogP contribution in [-0.2, 0) is 4.74 Å². The van der Waals surface area contributed by atoms with Gasteiger partial charge in [0, 0.05) is 43.5 Å². The molecule has 7 heteroatoms. The fraction of sp³-hybridized carbons (Fsp3) is 0.429. The number of hydrogen-bond donors (Lipinski definition) is 2. The van der Waals surface area contributed by atoms with Crippen molar-refractivity contribution < 1.29 is 19.1 Å². The second-order valence-corrected chi connectivity index (χ2v) is 5.93. The number of rotatable bonds is 4. The molecular formula is C14H16N2O4S. The molecule has 0 aliphatic carbocycles. The summed E-state index contributed by atoms with van der Waals surface area (Å²) in [4.78, 5) is 16.4. The number of thiazole rings is 1. The van der Waals surface area contributed by atoms with Crippen LogP contribution in [0.5, 0.6) is 0 Å². The number of carbonyl (C=O) groups is 1. The number of furan rings is 1. The Morgan fingerprint density at radius 3 is 3.00 bits per heavy atom. The summed E-state index contributed by atoms with van der Waals surface area (Å²) in [5, 5.41) is 15.5. The highest BCUT2D eigenvalue weighted by Gasteiger charge is 2.30. The van der Waals surface area contributed by atoms with E-state index in [1.807, 2.05) is 0 Å². The number of carbonyl (C=O) groups excluding carboxylic acids is 1. The normalized spacial score (nSPS) is 17.6. The Balaban J connectivity index is 1.61. The third-order valence-corrected chi connectivity index (χ3v) is 4.40. The van der Waals surface area contributed by atoms with Gasteiger partial charge in [0.1, 0.15) is 17.0 Å². The van der Waals surface area contributed by atoms with Crippen LogP contribution in [0.2, 0.25) is 0 Å². The first kappa shape index (κ1) is 14.2. The minimum atomic E-state index is -0.878. The molecule has 1 fully saturated rings. The first-order valence-corrected chi connectivity index (χ1v) is 7.61. The van der Waals surface area contributed by atoms with E-state index in [1.165, 1.54) is 11.3 Å². The van der Waals surface area contributed by atoms with Crippen LogP contribution in [-0.4, -0.2) is 41.4 Å². The van der Waals surface area contributed by atoms with Gasteiger partial charge in [-0.1, -0.05) is 0 Å². The zero-order valence-corrected chi connectivity index (χ0v) is 12.2. The summed E-state index contributed by atoms with van der Waals surface area (Å²) in [5.41, 5.74) is 0.325. The first-order chi connectivity index (χ1) is 10.2. The van der Waals surface area contributed by atoms with Gasteiger partial charge in [-0.3, -0.25) is 4.79 Å². The van der Waals surface area contributed by atoms with Gasteiger partial charge in [-0.15, -0.1) is 11.3 Å². The molecule has 112 valence electrons. The minimum Gasteiger partial charge on any atom is -0.472 e. The van der Waals surface area contributed by atoms with Gasteiger partial charge in [0.2, 0.25) is 0 Å². The van der Waals surface area contributed by atoms with Crippen LogP contribution in [0.3, 0.4) is 0 Å². The molecule has 3 rings (SSSR count). The summed E-state index contributed by atoms with van der Waals surface area (Å²) in [7, 11) is 0. The number of nitrogens with one attached hydrogen (secondary N) is 1. The Hall–Kier alpha value is -1.70. The molecule has 0 saturated carbocycles. The number of hydrogen-bond acceptors (Lipinski definition) is 6. The average molecular weight is 308 g/mol. The summed E-state index contributed by atoms with van der Waals surface area (Å²) in [6.45, 7) is 1.26. The van der Waals surface area contributed by atoms with Crippen LogP contribution in [0.4, 0.5) is 0 Å². The van der Waals surface area contributed by atoms with E-state index in [4.69, 9.17) is 9.15 Å². The van der Waals surface area contributed by atoms with Gasteiger partial charge in [0.25, 0.3) is 5.91 Å². The largest absolute Gasteiger partial charge is 0.472 e. The van der Waals surface area contributed by atoms with Crippen LogP contribution in [0.25, 0.3) is 10.6 Å². The Morgan fingerprint density at radius 2 is 2.29 bits per heavy atom. The Morgan fingerprint density at radius 1 is 1.48 bits per heavy atom. The fourth-order valence-corrected chi connectivity index (χ4v) is 2.95. The maximum atomic E-state index is 12.1. The molecule has 6 nitrogen and oxygen atoms in total. The second kappa shape index (κ2) is 5.97. The highest BCUT2D eigenvalue weighted by Crippen LogP contribution is 2.24. The lowest BCUT2D eigenvalue weighted by atomic mass is 9.94. The van der Waals surface area contributed by atoms with Gasteiger partial charge in [0.05, 0.1) is 11.9 Å². The standard InChI is InChI=1S/C14H16N2O4S/c17-12(15-9-14(18)2-5-19-6-3-14)11-8-21-13(16-11)10-1-4-20-7-10/h1,4,7-8,18H,2-3,5-6,9H2,(H,15,17). The minimum absolute atomic E-state index is 0.216. The van der Waals surface area contributed by atoms with Gasteiger partial charge in [-0.2, -0.15) is 0 Å². The molecule has 2 aromatic rings. The predicted octanol–water partition coefficient (Wildman–Crippen LogP) is 1.67. The number of aliphatic hydroxyl groups is 1. The van der Waals surface area contributed by atoms with E-state index in [9.17, 15) is 9.90 Å². The van der Waals surface area contributed by atoms with Crippen molar-refractivity contribution in [3.8, 4) is 10.6 Å². The topological polar surface area (TPSA) is 84.6 Å². The van der Waals surface area contributed by atoms with Gasteiger partial charge >= 0.3 is 0 Å². The van der Waals surface area contributed by atoms with E-state index in [-0.39, 0.29) is 12.5 Å². The predicted molar refractivity (Wildman–Crippen MR) is 77.2 cm³/mol. The zero-order valence-electron chi connectivity index (χ0n) is 11.4. The molecule has 1 aliphatic rings. The van der Waals surface area contributed by atoms with Crippen molar-refractivity contribution in [2.45, 2.75) is 18.4 Å². The first-order valence-electron chi connectivity index (χ1n) is 6.73. The Labute approximate surface area is 125 Å².